The van der Waals surface area contributed by atoms with Gasteiger partial charge in [-0.25, -0.2) is 8.42 Å². The van der Waals surface area contributed by atoms with Crippen LogP contribution < -0.4 is 4.31 Å². The van der Waals surface area contributed by atoms with E-state index in [1.54, 1.807) is 18.2 Å². The largest absolute Gasteiger partial charge is 0.388 e. The van der Waals surface area contributed by atoms with Crippen molar-refractivity contribution in [3.05, 3.63) is 51.7 Å². The van der Waals surface area contributed by atoms with Crippen molar-refractivity contribution >= 4 is 33.3 Å². The van der Waals surface area contributed by atoms with Gasteiger partial charge in [0.2, 0.25) is 10.0 Å². The molecule has 1 fully saturated rings. The Kier molecular flexibility index (Phi) is 8.05. The number of rotatable bonds is 11. The van der Waals surface area contributed by atoms with Gasteiger partial charge in [0.25, 0.3) is 0 Å². The number of nitrogens with zero attached hydrogens (tertiary/aromatic N) is 1. The second-order valence-electron chi connectivity index (χ2n) is 7.59. The highest BCUT2D eigenvalue weighted by Crippen LogP contribution is 2.31. The number of hydrogen-bond donors (Lipinski definition) is 1. The summed E-state index contributed by atoms with van der Waals surface area (Å²) < 4.78 is 32.5. The van der Waals surface area contributed by atoms with E-state index in [0.29, 0.717) is 30.0 Å². The first-order valence-corrected chi connectivity index (χ1v) is 12.8. The van der Waals surface area contributed by atoms with E-state index in [1.807, 2.05) is 18.2 Å². The van der Waals surface area contributed by atoms with Crippen LogP contribution in [0.15, 0.2) is 36.4 Å². The zero-order valence-electron chi connectivity index (χ0n) is 17.2. The predicted molar refractivity (Wildman–Crippen MR) is 120 cm³/mol. The van der Waals surface area contributed by atoms with Crippen molar-refractivity contribution in [2.24, 2.45) is 0 Å². The molecular formula is C22H29NO5S2. The topological polar surface area (TPSA) is 83.9 Å². The fourth-order valence-corrected chi connectivity index (χ4v) is 6.27. The molecule has 8 heteroatoms. The molecule has 2 atom stereocenters. The summed E-state index contributed by atoms with van der Waals surface area (Å²) in [6, 6.07) is 10.5. The number of aldehydes is 1. The highest BCUT2D eigenvalue weighted by molar-refractivity contribution is 7.93. The van der Waals surface area contributed by atoms with Crippen LogP contribution >= 0.6 is 11.3 Å². The maximum Gasteiger partial charge on any atom is 0.235 e. The van der Waals surface area contributed by atoms with Crippen molar-refractivity contribution in [3.63, 3.8) is 0 Å². The quantitative estimate of drug-likeness (QED) is 0.407. The maximum absolute atomic E-state index is 12.6. The normalized spacial score (nSPS) is 19.1. The molecule has 1 N–H and O–H groups in total. The van der Waals surface area contributed by atoms with Crippen LogP contribution in [0, 0.1) is 0 Å². The third-order valence-electron chi connectivity index (χ3n) is 5.31. The molecule has 1 aromatic carbocycles. The second kappa shape index (κ2) is 10.5. The maximum atomic E-state index is 12.6. The number of aliphatic hydroxyl groups is 1. The van der Waals surface area contributed by atoms with Crippen LogP contribution in [0.25, 0.3) is 0 Å². The highest BCUT2D eigenvalue weighted by atomic mass is 32.2. The number of unbranched alkanes of at least 4 members (excludes halogenated alkanes) is 2. The van der Waals surface area contributed by atoms with E-state index < -0.39 is 16.1 Å². The molecule has 0 radical (unpaired) electrons. The lowest BCUT2D eigenvalue weighted by molar-refractivity contribution is 0.111. The summed E-state index contributed by atoms with van der Waals surface area (Å²) in [5.74, 6) is 0.0940. The van der Waals surface area contributed by atoms with Gasteiger partial charge in [-0.15, -0.1) is 11.3 Å². The Morgan fingerprint density at radius 1 is 1.23 bits per heavy atom. The summed E-state index contributed by atoms with van der Waals surface area (Å²) in [5.41, 5.74) is 1.41. The summed E-state index contributed by atoms with van der Waals surface area (Å²) in [6.07, 6.45) is 4.66. The molecule has 1 aromatic heterocycles. The number of anilines is 1. The molecule has 1 aliphatic rings. The lowest BCUT2D eigenvalue weighted by atomic mass is 10.0. The van der Waals surface area contributed by atoms with Gasteiger partial charge in [-0.2, -0.15) is 0 Å². The van der Waals surface area contributed by atoms with E-state index in [2.05, 4.69) is 6.92 Å². The summed E-state index contributed by atoms with van der Waals surface area (Å²) in [5, 5.41) is 10.3. The molecule has 30 heavy (non-hydrogen) atoms. The minimum Gasteiger partial charge on any atom is -0.388 e. The van der Waals surface area contributed by atoms with Gasteiger partial charge in [-0.05, 0) is 42.7 Å². The van der Waals surface area contributed by atoms with Crippen LogP contribution in [0.2, 0.25) is 0 Å². The minimum atomic E-state index is -3.39. The molecule has 2 aromatic rings. The SMILES string of the molecule is CCCCCC(O)c1ccc(N2C(COCc3ccc(C=O)s3)CCS2(=O)=O)cc1. The van der Waals surface area contributed by atoms with Crippen molar-refractivity contribution in [1.82, 2.24) is 0 Å². The van der Waals surface area contributed by atoms with E-state index in [4.69, 9.17) is 4.74 Å². The summed E-state index contributed by atoms with van der Waals surface area (Å²) in [6.45, 7) is 2.77. The molecule has 0 amide bonds. The fourth-order valence-electron chi connectivity index (χ4n) is 3.68. The Balaban J connectivity index is 1.63. The Morgan fingerprint density at radius 2 is 2.00 bits per heavy atom. The van der Waals surface area contributed by atoms with Gasteiger partial charge in [-0.1, -0.05) is 38.3 Å². The van der Waals surface area contributed by atoms with Crippen LogP contribution in [0.5, 0.6) is 0 Å². The van der Waals surface area contributed by atoms with Crippen molar-refractivity contribution < 1.29 is 23.1 Å². The van der Waals surface area contributed by atoms with Crippen molar-refractivity contribution in [3.8, 4) is 0 Å². The standard InChI is InChI=1S/C22H29NO5S2/c1-2-3-4-5-22(25)17-6-8-18(9-7-17)23-19(12-13-30(23,26)27)15-28-16-21-11-10-20(14-24)29-21/h6-11,14,19,22,25H,2-5,12-13,15-16H2,1H3. The first-order chi connectivity index (χ1) is 14.4. The molecule has 0 bridgehead atoms. The van der Waals surface area contributed by atoms with Crippen LogP contribution in [0.1, 0.15) is 65.2 Å². The number of carbonyl (C=O) groups excluding carboxylic acids is 1. The number of hydrogen-bond acceptors (Lipinski definition) is 6. The van der Waals surface area contributed by atoms with Crippen LogP contribution in [-0.4, -0.2) is 38.2 Å². The molecule has 3 rings (SSSR count). The molecule has 0 saturated carbocycles. The molecule has 2 heterocycles. The third kappa shape index (κ3) is 5.69. The Morgan fingerprint density at radius 3 is 2.67 bits per heavy atom. The Hall–Kier alpha value is -1.74. The lowest BCUT2D eigenvalue weighted by Gasteiger charge is -2.25. The third-order valence-corrected chi connectivity index (χ3v) is 8.15. The molecule has 6 nitrogen and oxygen atoms in total. The predicted octanol–water partition coefficient (Wildman–Crippen LogP) is 4.30. The zero-order chi connectivity index (χ0) is 21.6. The van der Waals surface area contributed by atoms with E-state index in [-0.39, 0.29) is 18.4 Å². The number of benzene rings is 1. The van der Waals surface area contributed by atoms with Crippen molar-refractivity contribution in [1.29, 1.82) is 0 Å². The first-order valence-electron chi connectivity index (χ1n) is 10.4. The molecule has 0 spiro atoms. The van der Waals surface area contributed by atoms with E-state index in [0.717, 1.165) is 36.0 Å². The second-order valence-corrected chi connectivity index (χ2v) is 10.8. The lowest BCUT2D eigenvalue weighted by Crippen LogP contribution is -2.36. The van der Waals surface area contributed by atoms with Crippen molar-refractivity contribution in [2.75, 3.05) is 16.7 Å². The number of thiophene rings is 1. The number of carbonyl (C=O) groups is 1. The average molecular weight is 452 g/mol. The summed E-state index contributed by atoms with van der Waals surface area (Å²) in [7, 11) is -3.39. The number of aliphatic hydroxyl groups excluding tert-OH is 1. The minimum absolute atomic E-state index is 0.0940. The fraction of sp³-hybridized carbons (Fsp3) is 0.500. The zero-order valence-corrected chi connectivity index (χ0v) is 18.8. The van der Waals surface area contributed by atoms with Gasteiger partial charge in [0, 0.05) is 4.88 Å². The number of sulfonamides is 1. The van der Waals surface area contributed by atoms with Gasteiger partial charge in [0.1, 0.15) is 0 Å². The molecule has 2 unspecified atom stereocenters. The van der Waals surface area contributed by atoms with Gasteiger partial charge in [0.05, 0.1) is 41.7 Å². The van der Waals surface area contributed by atoms with Gasteiger partial charge >= 0.3 is 0 Å². The smallest absolute Gasteiger partial charge is 0.235 e. The summed E-state index contributed by atoms with van der Waals surface area (Å²) in [4.78, 5) is 12.4. The first kappa shape index (κ1) is 22.9. The summed E-state index contributed by atoms with van der Waals surface area (Å²) >= 11 is 1.37. The van der Waals surface area contributed by atoms with E-state index in [1.165, 1.54) is 15.6 Å². The molecular weight excluding hydrogens is 422 g/mol. The Labute approximate surface area is 182 Å². The monoisotopic (exact) mass is 451 g/mol. The Bertz CT molecular complexity index is 923. The molecule has 1 aliphatic heterocycles. The van der Waals surface area contributed by atoms with Crippen LogP contribution in [0.3, 0.4) is 0 Å². The molecule has 1 saturated heterocycles. The van der Waals surface area contributed by atoms with E-state index >= 15 is 0 Å². The van der Waals surface area contributed by atoms with Crippen LogP contribution in [0.4, 0.5) is 5.69 Å². The van der Waals surface area contributed by atoms with Gasteiger partial charge in [0.15, 0.2) is 6.29 Å². The highest BCUT2D eigenvalue weighted by Gasteiger charge is 2.37. The van der Waals surface area contributed by atoms with Crippen molar-refractivity contribution in [2.45, 2.75) is 57.8 Å². The van der Waals surface area contributed by atoms with Gasteiger partial charge < -0.3 is 9.84 Å². The average Bonchev–Trinajstić information content (AvgIpc) is 3.32. The molecule has 0 aliphatic carbocycles. The molecule has 164 valence electrons. The number of ether oxygens (including phenoxy) is 1. The van der Waals surface area contributed by atoms with E-state index in [9.17, 15) is 18.3 Å². The van der Waals surface area contributed by atoms with Gasteiger partial charge in [-0.3, -0.25) is 9.10 Å². The van der Waals surface area contributed by atoms with Crippen LogP contribution in [-0.2, 0) is 21.4 Å².